The minimum Gasteiger partial charge on any atom is -0.674 e. The van der Waals surface area contributed by atoms with Crippen LogP contribution in [0.25, 0.3) is 5.32 Å². The first kappa shape index (κ1) is 39.4. The SMILES string of the molecule is Cc1cn(C)nc1C(C)(C)[N-]c1c(C(C)C)cccc1C(C)C.[CH2-]c1ccccc1.[CH2-]c1ccccc1.[CH2-]c1ccccc1.[Zr+3]. The van der Waals surface area contributed by atoms with E-state index >= 15 is 0 Å². The minimum absolute atomic E-state index is 0. The van der Waals surface area contributed by atoms with Crippen LogP contribution in [-0.4, -0.2) is 9.78 Å². The van der Waals surface area contributed by atoms with Gasteiger partial charge in [0.15, 0.2) is 0 Å². The molecule has 1 radical (unpaired) electrons. The van der Waals surface area contributed by atoms with E-state index in [0.717, 1.165) is 28.1 Å². The molecule has 0 amide bonds. The van der Waals surface area contributed by atoms with Gasteiger partial charge in [0.2, 0.25) is 0 Å². The second kappa shape index (κ2) is 19.7. The van der Waals surface area contributed by atoms with Crippen molar-refractivity contribution < 1.29 is 26.2 Å². The number of aryl methyl sites for hydroxylation is 2. The average molecular weight is 677 g/mol. The van der Waals surface area contributed by atoms with Gasteiger partial charge in [-0.1, -0.05) is 94.6 Å². The average Bonchev–Trinajstić information content (AvgIpc) is 3.33. The Balaban J connectivity index is 0.000000370. The van der Waals surface area contributed by atoms with Crippen LogP contribution in [0.4, 0.5) is 5.69 Å². The number of nitrogens with zero attached hydrogens (tertiary/aromatic N) is 3. The Bertz CT molecular complexity index is 1370. The fourth-order valence-corrected chi connectivity index (χ4v) is 4.62. The van der Waals surface area contributed by atoms with Gasteiger partial charge in [0.1, 0.15) is 0 Å². The number of hydrogen-bond acceptors (Lipinski definition) is 1. The largest absolute Gasteiger partial charge is 3.00 e. The first-order valence-electron chi connectivity index (χ1n) is 15.3. The number of para-hydroxylation sites is 1. The van der Waals surface area contributed by atoms with Crippen LogP contribution < -0.4 is 0 Å². The number of aromatic nitrogens is 2. The molecule has 0 aliphatic heterocycles. The molecule has 0 saturated carbocycles. The summed E-state index contributed by atoms with van der Waals surface area (Å²) in [5.74, 6) is 0.904. The monoisotopic (exact) mass is 675 g/mol. The maximum absolute atomic E-state index is 5.20. The molecule has 4 aromatic carbocycles. The van der Waals surface area contributed by atoms with Crippen LogP contribution in [0, 0.1) is 27.7 Å². The summed E-state index contributed by atoms with van der Waals surface area (Å²) in [6, 6.07) is 36.2. The molecule has 3 nitrogen and oxygen atoms in total. The Labute approximate surface area is 293 Å². The van der Waals surface area contributed by atoms with Crippen molar-refractivity contribution in [3.05, 3.63) is 181 Å². The zero-order valence-electron chi connectivity index (χ0n) is 28.6. The molecule has 5 rings (SSSR count). The van der Waals surface area contributed by atoms with Gasteiger partial charge in [-0.2, -0.15) is 79.0 Å². The Kier molecular flexibility index (Phi) is 17.3. The second-order valence-electron chi connectivity index (χ2n) is 12.1. The third-order valence-corrected chi connectivity index (χ3v) is 6.85. The van der Waals surface area contributed by atoms with Crippen molar-refractivity contribution in [2.24, 2.45) is 7.05 Å². The molecule has 0 aliphatic rings. The van der Waals surface area contributed by atoms with Gasteiger partial charge in [-0.3, -0.25) is 4.68 Å². The normalized spacial score (nSPS) is 10.3. The van der Waals surface area contributed by atoms with Crippen LogP contribution in [0.3, 0.4) is 0 Å². The zero-order valence-corrected chi connectivity index (χ0v) is 31.0. The predicted molar refractivity (Wildman–Crippen MR) is 191 cm³/mol. The molecule has 4 heteroatoms. The maximum Gasteiger partial charge on any atom is 3.00 e. The van der Waals surface area contributed by atoms with Gasteiger partial charge in [0.25, 0.3) is 0 Å². The maximum atomic E-state index is 5.20. The molecule has 5 aromatic rings. The molecule has 0 fully saturated rings. The van der Waals surface area contributed by atoms with Crippen molar-refractivity contribution in [1.82, 2.24) is 9.78 Å². The van der Waals surface area contributed by atoms with Gasteiger partial charge in [0, 0.05) is 13.2 Å². The Morgan fingerprint density at radius 1 is 0.622 bits per heavy atom. The Morgan fingerprint density at radius 2 is 0.978 bits per heavy atom. The van der Waals surface area contributed by atoms with Crippen LogP contribution in [-0.2, 0) is 38.8 Å². The standard InChI is InChI=1S/C20H30N3.3C7H7.Zr/c1-13(2)16-10-9-11-17(14(3)4)18(16)21-20(6,7)19-15(5)12-23(8)22-19;3*1-7-5-3-2-4-6-7;/h9-14H,1-8H3;3*2-6H,1H2;/q4*-1;+3. The van der Waals surface area contributed by atoms with Gasteiger partial charge >= 0.3 is 26.2 Å². The van der Waals surface area contributed by atoms with Crippen LogP contribution in [0.2, 0.25) is 0 Å². The summed E-state index contributed by atoms with van der Waals surface area (Å²) in [6.07, 6.45) is 2.06. The van der Waals surface area contributed by atoms with Gasteiger partial charge in [-0.25, -0.2) is 0 Å². The van der Waals surface area contributed by atoms with Crippen LogP contribution in [0.15, 0.2) is 115 Å². The molecule has 235 valence electrons. The minimum atomic E-state index is -0.347. The number of rotatable bonds is 5. The van der Waals surface area contributed by atoms with Crippen LogP contribution >= 0.6 is 0 Å². The van der Waals surface area contributed by atoms with Crippen LogP contribution in [0.1, 0.15) is 92.5 Å². The molecule has 0 saturated heterocycles. The van der Waals surface area contributed by atoms with Crippen LogP contribution in [0.5, 0.6) is 0 Å². The molecule has 0 spiro atoms. The first-order chi connectivity index (χ1) is 20.8. The van der Waals surface area contributed by atoms with Gasteiger partial charge < -0.3 is 5.32 Å². The Hall–Kier alpha value is -3.62. The summed E-state index contributed by atoms with van der Waals surface area (Å²) in [5.41, 5.74) is 8.89. The van der Waals surface area contributed by atoms with Crippen molar-refractivity contribution in [2.45, 2.75) is 65.8 Å². The van der Waals surface area contributed by atoms with Gasteiger partial charge in [-0.15, -0.1) is 42.1 Å². The quantitative estimate of drug-likeness (QED) is 0.171. The number of benzene rings is 4. The van der Waals surface area contributed by atoms with E-state index in [0.29, 0.717) is 11.8 Å². The summed E-state index contributed by atoms with van der Waals surface area (Å²) < 4.78 is 1.87. The van der Waals surface area contributed by atoms with Crippen molar-refractivity contribution in [1.29, 1.82) is 0 Å². The van der Waals surface area contributed by atoms with E-state index in [4.69, 9.17) is 5.32 Å². The zero-order chi connectivity index (χ0) is 32.7. The summed E-state index contributed by atoms with van der Waals surface area (Å²) in [5, 5.41) is 9.85. The fraction of sp³-hybridized carbons (Fsp3) is 0.268. The molecule has 0 unspecified atom stereocenters. The summed E-state index contributed by atoms with van der Waals surface area (Å²) in [6.45, 7) is 26.5. The summed E-state index contributed by atoms with van der Waals surface area (Å²) >= 11 is 0. The molecular weight excluding hydrogens is 626 g/mol. The molecule has 1 heterocycles. The van der Waals surface area contributed by atoms with E-state index in [1.807, 2.05) is 103 Å². The van der Waals surface area contributed by atoms with Gasteiger partial charge in [0.05, 0.1) is 5.69 Å². The van der Waals surface area contributed by atoms with Crippen molar-refractivity contribution in [2.75, 3.05) is 0 Å². The van der Waals surface area contributed by atoms with Crippen molar-refractivity contribution in [3.63, 3.8) is 0 Å². The van der Waals surface area contributed by atoms with Crippen molar-refractivity contribution in [3.8, 4) is 0 Å². The van der Waals surface area contributed by atoms with E-state index < -0.39 is 0 Å². The molecule has 1 aromatic heterocycles. The van der Waals surface area contributed by atoms with E-state index in [2.05, 4.69) is 98.7 Å². The second-order valence-corrected chi connectivity index (χ2v) is 12.1. The Morgan fingerprint density at radius 3 is 1.22 bits per heavy atom. The number of hydrogen-bond donors (Lipinski definition) is 0. The molecule has 45 heavy (non-hydrogen) atoms. The van der Waals surface area contributed by atoms with Gasteiger partial charge in [-0.05, 0) is 24.3 Å². The molecule has 0 atom stereocenters. The summed E-state index contributed by atoms with van der Waals surface area (Å²) in [4.78, 5) is 0. The molecule has 0 N–H and O–H groups in total. The molecular formula is C41H51N3Zr-. The van der Waals surface area contributed by atoms with E-state index in [1.54, 1.807) is 0 Å². The van der Waals surface area contributed by atoms with E-state index in [9.17, 15) is 0 Å². The van der Waals surface area contributed by atoms with Crippen molar-refractivity contribution >= 4 is 5.69 Å². The molecule has 0 bridgehead atoms. The third kappa shape index (κ3) is 13.9. The third-order valence-electron chi connectivity index (χ3n) is 6.85. The predicted octanol–water partition coefficient (Wildman–Crippen LogP) is 11.5. The first-order valence-corrected chi connectivity index (χ1v) is 15.3. The topological polar surface area (TPSA) is 31.9 Å². The fourth-order valence-electron chi connectivity index (χ4n) is 4.62. The summed E-state index contributed by atoms with van der Waals surface area (Å²) in [7, 11) is 1.97. The van der Waals surface area contributed by atoms with E-state index in [1.165, 1.54) is 16.7 Å². The smallest absolute Gasteiger partial charge is 0.674 e. The molecule has 0 aliphatic carbocycles. The van der Waals surface area contributed by atoms with E-state index in [-0.39, 0.29) is 31.7 Å².